The van der Waals surface area contributed by atoms with Crippen LogP contribution in [0.5, 0.6) is 0 Å². The van der Waals surface area contributed by atoms with Crippen molar-refractivity contribution in [1.82, 2.24) is 10.3 Å². The molecule has 2 heterocycles. The predicted octanol–water partition coefficient (Wildman–Crippen LogP) is 4.86. The fraction of sp³-hybridized carbons (Fsp3) is 0.562. The van der Waals surface area contributed by atoms with Crippen LogP contribution in [-0.2, 0) is 13.0 Å². The monoisotopic (exact) mass is 306 g/mol. The third-order valence-corrected chi connectivity index (χ3v) is 6.04. The van der Waals surface area contributed by atoms with Crippen LogP contribution in [0.25, 0.3) is 9.88 Å². The molecule has 0 unspecified atom stereocenters. The molecule has 4 heteroatoms. The van der Waals surface area contributed by atoms with E-state index in [9.17, 15) is 0 Å². The number of thiazole rings is 1. The van der Waals surface area contributed by atoms with Crippen molar-refractivity contribution in [3.63, 3.8) is 0 Å². The van der Waals surface area contributed by atoms with Gasteiger partial charge in [0.25, 0.3) is 0 Å². The first-order valence-corrected chi connectivity index (χ1v) is 9.32. The zero-order valence-corrected chi connectivity index (χ0v) is 13.7. The summed E-state index contributed by atoms with van der Waals surface area (Å²) in [6.07, 6.45) is 7.75. The summed E-state index contributed by atoms with van der Waals surface area (Å²) in [5, 5.41) is 7.06. The van der Waals surface area contributed by atoms with Gasteiger partial charge in [0.1, 0.15) is 5.01 Å². The molecule has 0 amide bonds. The van der Waals surface area contributed by atoms with Gasteiger partial charge in [0.15, 0.2) is 0 Å². The van der Waals surface area contributed by atoms with Gasteiger partial charge < -0.3 is 5.32 Å². The lowest BCUT2D eigenvalue weighted by Gasteiger charge is -2.11. The molecule has 1 saturated carbocycles. The molecular weight excluding hydrogens is 284 g/mol. The Kier molecular flexibility index (Phi) is 4.86. The average molecular weight is 307 g/mol. The Balaban J connectivity index is 1.73. The van der Waals surface area contributed by atoms with E-state index in [2.05, 4.69) is 29.8 Å². The van der Waals surface area contributed by atoms with Gasteiger partial charge in [0.05, 0.1) is 10.6 Å². The minimum absolute atomic E-state index is 0.733. The van der Waals surface area contributed by atoms with Gasteiger partial charge in [0.2, 0.25) is 0 Å². The van der Waals surface area contributed by atoms with E-state index in [1.54, 1.807) is 11.3 Å². The minimum Gasteiger partial charge on any atom is -0.309 e. The Bertz CT molecular complexity index is 525. The van der Waals surface area contributed by atoms with Gasteiger partial charge in [-0.2, -0.15) is 0 Å². The largest absolute Gasteiger partial charge is 0.309 e. The van der Waals surface area contributed by atoms with E-state index in [1.807, 2.05) is 11.3 Å². The van der Waals surface area contributed by atoms with Crippen LogP contribution < -0.4 is 5.32 Å². The smallest absolute Gasteiger partial charge is 0.133 e. The lowest BCUT2D eigenvalue weighted by molar-refractivity contribution is 0.525. The van der Waals surface area contributed by atoms with Crippen LogP contribution in [0.3, 0.4) is 0 Å². The Morgan fingerprint density at radius 1 is 1.35 bits per heavy atom. The minimum atomic E-state index is 0.733. The molecular formula is C16H22N2S2. The van der Waals surface area contributed by atoms with Crippen LogP contribution in [0.2, 0.25) is 0 Å². The van der Waals surface area contributed by atoms with Crippen molar-refractivity contribution in [2.24, 2.45) is 0 Å². The zero-order chi connectivity index (χ0) is 13.8. The summed E-state index contributed by atoms with van der Waals surface area (Å²) < 4.78 is 0. The molecule has 2 nitrogen and oxygen atoms in total. The summed E-state index contributed by atoms with van der Waals surface area (Å²) >= 11 is 3.66. The fourth-order valence-corrected chi connectivity index (χ4v) is 4.68. The van der Waals surface area contributed by atoms with Crippen LogP contribution in [0.15, 0.2) is 17.5 Å². The molecule has 0 radical (unpaired) electrons. The first-order valence-electron chi connectivity index (χ1n) is 7.62. The van der Waals surface area contributed by atoms with Gasteiger partial charge in [-0.1, -0.05) is 32.3 Å². The van der Waals surface area contributed by atoms with Gasteiger partial charge in [-0.15, -0.1) is 22.7 Å². The highest BCUT2D eigenvalue weighted by atomic mass is 32.1. The second kappa shape index (κ2) is 6.83. The SMILES string of the molecule is CCCc1nc(-c2cccs2)sc1CNC1CCCC1. The van der Waals surface area contributed by atoms with Crippen molar-refractivity contribution in [2.45, 2.75) is 58.0 Å². The quantitative estimate of drug-likeness (QED) is 0.824. The van der Waals surface area contributed by atoms with Crippen LogP contribution in [0.4, 0.5) is 0 Å². The van der Waals surface area contributed by atoms with Gasteiger partial charge in [0, 0.05) is 17.5 Å². The highest BCUT2D eigenvalue weighted by Crippen LogP contribution is 2.32. The predicted molar refractivity (Wildman–Crippen MR) is 88.5 cm³/mol. The van der Waals surface area contributed by atoms with E-state index >= 15 is 0 Å². The molecule has 2 aromatic rings. The van der Waals surface area contributed by atoms with E-state index in [4.69, 9.17) is 4.98 Å². The molecule has 0 atom stereocenters. The van der Waals surface area contributed by atoms with Crippen molar-refractivity contribution in [1.29, 1.82) is 0 Å². The van der Waals surface area contributed by atoms with Crippen LogP contribution >= 0.6 is 22.7 Å². The van der Waals surface area contributed by atoms with E-state index in [1.165, 1.54) is 52.6 Å². The molecule has 0 spiro atoms. The molecule has 20 heavy (non-hydrogen) atoms. The Morgan fingerprint density at radius 2 is 2.20 bits per heavy atom. The number of nitrogens with one attached hydrogen (secondary N) is 1. The summed E-state index contributed by atoms with van der Waals surface area (Å²) in [4.78, 5) is 7.63. The van der Waals surface area contributed by atoms with Crippen molar-refractivity contribution >= 4 is 22.7 Å². The highest BCUT2D eigenvalue weighted by molar-refractivity contribution is 7.21. The van der Waals surface area contributed by atoms with Crippen molar-refractivity contribution in [3.05, 3.63) is 28.1 Å². The number of nitrogens with zero attached hydrogens (tertiary/aromatic N) is 1. The van der Waals surface area contributed by atoms with E-state index in [0.717, 1.165) is 19.0 Å². The number of thiophene rings is 1. The van der Waals surface area contributed by atoms with Crippen molar-refractivity contribution in [3.8, 4) is 9.88 Å². The molecule has 1 aliphatic carbocycles. The zero-order valence-electron chi connectivity index (χ0n) is 12.0. The average Bonchev–Trinajstić information content (AvgIpc) is 3.19. The second-order valence-corrected chi connectivity index (χ2v) is 7.51. The number of hydrogen-bond acceptors (Lipinski definition) is 4. The summed E-state index contributed by atoms with van der Waals surface area (Å²) in [6.45, 7) is 3.24. The third kappa shape index (κ3) is 3.30. The standard InChI is InChI=1S/C16H22N2S2/c1-2-6-13-15(11-17-12-7-3-4-8-12)20-16(18-13)14-9-5-10-19-14/h5,9-10,12,17H,2-4,6-8,11H2,1H3. The number of aryl methyl sites for hydroxylation is 1. The van der Waals surface area contributed by atoms with Gasteiger partial charge in [-0.3, -0.25) is 0 Å². The molecule has 3 rings (SSSR count). The fourth-order valence-electron chi connectivity index (χ4n) is 2.83. The molecule has 1 N–H and O–H groups in total. The Morgan fingerprint density at radius 3 is 2.90 bits per heavy atom. The molecule has 1 fully saturated rings. The maximum absolute atomic E-state index is 4.88. The van der Waals surface area contributed by atoms with Crippen molar-refractivity contribution < 1.29 is 0 Å². The maximum Gasteiger partial charge on any atom is 0.133 e. The first-order chi connectivity index (χ1) is 9.86. The molecule has 2 aromatic heterocycles. The normalized spacial score (nSPS) is 16.1. The number of rotatable bonds is 6. The van der Waals surface area contributed by atoms with Gasteiger partial charge in [-0.25, -0.2) is 4.98 Å². The Labute approximate surface area is 129 Å². The Hall–Kier alpha value is -0.710. The summed E-state index contributed by atoms with van der Waals surface area (Å²) in [5.74, 6) is 0. The molecule has 1 aliphatic rings. The topological polar surface area (TPSA) is 24.9 Å². The lowest BCUT2D eigenvalue weighted by atomic mass is 10.2. The summed E-state index contributed by atoms with van der Waals surface area (Å²) in [7, 11) is 0. The van der Waals surface area contributed by atoms with E-state index in [0.29, 0.717) is 0 Å². The van der Waals surface area contributed by atoms with E-state index < -0.39 is 0 Å². The van der Waals surface area contributed by atoms with Gasteiger partial charge in [-0.05, 0) is 30.7 Å². The summed E-state index contributed by atoms with van der Waals surface area (Å²) in [5.41, 5.74) is 1.31. The summed E-state index contributed by atoms with van der Waals surface area (Å²) in [6, 6.07) is 5.02. The molecule has 0 aromatic carbocycles. The maximum atomic E-state index is 4.88. The second-order valence-electron chi connectivity index (χ2n) is 5.48. The van der Waals surface area contributed by atoms with Crippen LogP contribution in [0, 0.1) is 0 Å². The van der Waals surface area contributed by atoms with Crippen LogP contribution in [-0.4, -0.2) is 11.0 Å². The highest BCUT2D eigenvalue weighted by Gasteiger charge is 2.17. The number of aromatic nitrogens is 1. The van der Waals surface area contributed by atoms with Crippen LogP contribution in [0.1, 0.15) is 49.6 Å². The van der Waals surface area contributed by atoms with Crippen molar-refractivity contribution in [2.75, 3.05) is 0 Å². The van der Waals surface area contributed by atoms with E-state index in [-0.39, 0.29) is 0 Å². The first kappa shape index (κ1) is 14.2. The third-order valence-electron chi connectivity index (χ3n) is 3.90. The molecule has 0 bridgehead atoms. The number of hydrogen-bond donors (Lipinski definition) is 1. The molecule has 0 aliphatic heterocycles. The lowest BCUT2D eigenvalue weighted by Crippen LogP contribution is -2.25. The molecule has 0 saturated heterocycles. The van der Waals surface area contributed by atoms with Gasteiger partial charge >= 0.3 is 0 Å². The molecule has 108 valence electrons.